The largest absolute Gasteiger partial charge is 0.378 e. The summed E-state index contributed by atoms with van der Waals surface area (Å²) in [7, 11) is -8.05. The van der Waals surface area contributed by atoms with Crippen molar-refractivity contribution in [2.75, 3.05) is 46.4 Å². The minimum absolute atomic E-state index is 0.000945. The van der Waals surface area contributed by atoms with Crippen LogP contribution in [0.15, 0.2) is 47.4 Å². The molecule has 1 heterocycles. The molecule has 1 aliphatic heterocycles. The summed E-state index contributed by atoms with van der Waals surface area (Å²) in [6, 6.07) is 10.6. The molecule has 38 heavy (non-hydrogen) atoms. The number of nitrogens with zero attached hydrogens (tertiary/aromatic N) is 1. The van der Waals surface area contributed by atoms with Gasteiger partial charge < -0.3 is 9.64 Å². The van der Waals surface area contributed by atoms with Crippen molar-refractivity contribution in [2.45, 2.75) is 38.0 Å². The van der Waals surface area contributed by atoms with E-state index in [-0.39, 0.29) is 28.0 Å². The number of rotatable bonds is 8. The van der Waals surface area contributed by atoms with Gasteiger partial charge in [-0.25, -0.2) is 16.8 Å². The molecule has 1 saturated heterocycles. The molecule has 3 fully saturated rings. The highest BCUT2D eigenvalue weighted by Gasteiger charge is 2.65. The van der Waals surface area contributed by atoms with Gasteiger partial charge in [0.25, 0.3) is 10.0 Å². The molecule has 206 valence electrons. The Labute approximate surface area is 229 Å². The summed E-state index contributed by atoms with van der Waals surface area (Å²) >= 11 is 5.91. The maximum atomic E-state index is 13.6. The van der Waals surface area contributed by atoms with Crippen LogP contribution in [-0.2, 0) is 29.6 Å². The molecular weight excluding hydrogens is 550 g/mol. The minimum atomic E-state index is -4.04. The van der Waals surface area contributed by atoms with Gasteiger partial charge in [0.2, 0.25) is 10.0 Å². The van der Waals surface area contributed by atoms with Gasteiger partial charge in [-0.1, -0.05) is 25.4 Å². The lowest BCUT2D eigenvalue weighted by Gasteiger charge is -2.36. The van der Waals surface area contributed by atoms with E-state index in [9.17, 15) is 21.6 Å². The van der Waals surface area contributed by atoms with Crippen molar-refractivity contribution in [2.24, 2.45) is 16.7 Å². The number of fused-ring (bicyclic) bond motifs is 2. The Morgan fingerprint density at radius 3 is 2.32 bits per heavy atom. The fourth-order valence-electron chi connectivity index (χ4n) is 6.21. The predicted octanol–water partition coefficient (Wildman–Crippen LogP) is 4.11. The molecular formula is C26H32ClN3O6S2. The maximum Gasteiger partial charge on any atom is 0.261 e. The van der Waals surface area contributed by atoms with E-state index in [1.807, 2.05) is 18.7 Å². The number of nitrogens with one attached hydrogen (secondary N) is 2. The summed E-state index contributed by atoms with van der Waals surface area (Å²) in [6.07, 6.45) is 1.78. The standard InChI is InChI=1S/C26H32ClN3O6S2/c1-25(2)18-9-10-26(25,24(31)15-18)17-37(32,33)29-22-16-21(7-8-23(22)30-11-13-36-14-12-30)38(34,35)28-20-5-3-19(27)4-6-20/h3-8,16,18,28-29H,9-15,17H2,1-2H3/t18-,26+/m1/s1. The summed E-state index contributed by atoms with van der Waals surface area (Å²) < 4.78 is 64.2. The summed E-state index contributed by atoms with van der Waals surface area (Å²) in [4.78, 5) is 14.8. The van der Waals surface area contributed by atoms with Crippen molar-refractivity contribution in [3.05, 3.63) is 47.5 Å². The molecule has 2 bridgehead atoms. The first kappa shape index (κ1) is 27.2. The van der Waals surface area contributed by atoms with E-state index in [1.165, 1.54) is 12.1 Å². The zero-order chi connectivity index (χ0) is 27.3. The van der Waals surface area contributed by atoms with Gasteiger partial charge in [0, 0.05) is 30.2 Å². The normalized spacial score (nSPS) is 25.0. The molecule has 12 heteroatoms. The monoisotopic (exact) mass is 581 g/mol. The first-order valence-corrected chi connectivity index (χ1v) is 16.1. The minimum Gasteiger partial charge on any atom is -0.378 e. The van der Waals surface area contributed by atoms with Crippen LogP contribution in [-0.4, -0.2) is 54.7 Å². The number of benzene rings is 2. The molecule has 0 unspecified atom stereocenters. The lowest BCUT2D eigenvalue weighted by molar-refractivity contribution is -0.128. The number of Topliss-reactive ketones (excluding diaryl/α,β-unsaturated/α-hetero) is 1. The van der Waals surface area contributed by atoms with Crippen molar-refractivity contribution in [3.8, 4) is 0 Å². The first-order chi connectivity index (χ1) is 17.8. The number of morpholine rings is 1. The van der Waals surface area contributed by atoms with Crippen LogP contribution in [0.4, 0.5) is 17.1 Å². The van der Waals surface area contributed by atoms with E-state index in [0.29, 0.717) is 55.5 Å². The van der Waals surface area contributed by atoms with Crippen LogP contribution >= 0.6 is 11.6 Å². The van der Waals surface area contributed by atoms with Crippen molar-refractivity contribution in [1.29, 1.82) is 0 Å². The molecule has 2 N–H and O–H groups in total. The average Bonchev–Trinajstić information content (AvgIpc) is 3.19. The second-order valence-corrected chi connectivity index (χ2v) is 14.8. The van der Waals surface area contributed by atoms with Gasteiger partial charge in [0.05, 0.1) is 40.7 Å². The van der Waals surface area contributed by atoms with Gasteiger partial charge in [-0.3, -0.25) is 14.2 Å². The van der Waals surface area contributed by atoms with Crippen LogP contribution in [0.3, 0.4) is 0 Å². The third kappa shape index (κ3) is 4.89. The molecule has 0 spiro atoms. The van der Waals surface area contributed by atoms with Crippen molar-refractivity contribution in [3.63, 3.8) is 0 Å². The highest BCUT2D eigenvalue weighted by molar-refractivity contribution is 7.93. The Kier molecular flexibility index (Phi) is 6.95. The molecule has 0 amide bonds. The van der Waals surface area contributed by atoms with E-state index >= 15 is 0 Å². The van der Waals surface area contributed by atoms with Gasteiger partial charge in [-0.2, -0.15) is 0 Å². The lowest BCUT2D eigenvalue weighted by Crippen LogP contribution is -2.43. The van der Waals surface area contributed by atoms with E-state index < -0.39 is 30.9 Å². The number of ether oxygens (including phenoxy) is 1. The molecule has 3 aliphatic rings. The van der Waals surface area contributed by atoms with Crippen LogP contribution in [0.25, 0.3) is 0 Å². The number of carbonyl (C=O) groups excluding carboxylic acids is 1. The summed E-state index contributed by atoms with van der Waals surface area (Å²) in [5, 5.41) is 0.469. The van der Waals surface area contributed by atoms with Crippen LogP contribution in [0, 0.1) is 16.7 Å². The Bertz CT molecular complexity index is 1450. The highest BCUT2D eigenvalue weighted by Crippen LogP contribution is 2.64. The second-order valence-electron chi connectivity index (χ2n) is 10.9. The Hall–Kier alpha value is -2.34. The highest BCUT2D eigenvalue weighted by atomic mass is 35.5. The SMILES string of the molecule is CC1(C)[C@@H]2CC[C@]1(CS(=O)(=O)Nc1cc(S(=O)(=O)Nc3ccc(Cl)cc3)ccc1N1CCOCC1)C(=O)C2. The number of anilines is 3. The topological polar surface area (TPSA) is 122 Å². The summed E-state index contributed by atoms with van der Waals surface area (Å²) in [6.45, 7) is 5.97. The average molecular weight is 582 g/mol. The third-order valence-electron chi connectivity index (χ3n) is 8.57. The third-order valence-corrected chi connectivity index (χ3v) is 11.6. The van der Waals surface area contributed by atoms with Crippen molar-refractivity contribution in [1.82, 2.24) is 0 Å². The molecule has 2 saturated carbocycles. The molecule has 9 nitrogen and oxygen atoms in total. The van der Waals surface area contributed by atoms with Gasteiger partial charge in [-0.05, 0) is 66.6 Å². The molecule has 2 aromatic rings. The molecule has 2 aliphatic carbocycles. The number of ketones is 1. The lowest BCUT2D eigenvalue weighted by atomic mass is 9.70. The van der Waals surface area contributed by atoms with E-state index in [2.05, 4.69) is 9.44 Å². The fourth-order valence-corrected chi connectivity index (χ4v) is 9.32. The van der Waals surface area contributed by atoms with Crippen LogP contribution in [0.2, 0.25) is 5.02 Å². The number of sulfonamides is 2. The maximum absolute atomic E-state index is 13.6. The number of halogens is 1. The van der Waals surface area contributed by atoms with Crippen LogP contribution in [0.1, 0.15) is 33.1 Å². The van der Waals surface area contributed by atoms with E-state index in [1.54, 1.807) is 30.3 Å². The quantitative estimate of drug-likeness (QED) is 0.481. The van der Waals surface area contributed by atoms with Crippen molar-refractivity contribution < 1.29 is 26.4 Å². The molecule has 2 aromatic carbocycles. The summed E-state index contributed by atoms with van der Waals surface area (Å²) in [5.74, 6) is -0.146. The van der Waals surface area contributed by atoms with Gasteiger partial charge >= 0.3 is 0 Å². The van der Waals surface area contributed by atoms with Crippen molar-refractivity contribution >= 4 is 54.5 Å². The number of hydrogen-bond donors (Lipinski definition) is 2. The van der Waals surface area contributed by atoms with E-state index in [4.69, 9.17) is 16.3 Å². The predicted molar refractivity (Wildman–Crippen MR) is 148 cm³/mol. The number of hydrogen-bond acceptors (Lipinski definition) is 7. The van der Waals surface area contributed by atoms with Gasteiger partial charge in [0.1, 0.15) is 5.78 Å². The van der Waals surface area contributed by atoms with Gasteiger partial charge in [-0.15, -0.1) is 0 Å². The molecule has 5 rings (SSSR count). The van der Waals surface area contributed by atoms with E-state index in [0.717, 1.165) is 6.42 Å². The Balaban J connectivity index is 1.48. The van der Waals surface area contributed by atoms with Crippen LogP contribution < -0.4 is 14.3 Å². The van der Waals surface area contributed by atoms with Crippen LogP contribution in [0.5, 0.6) is 0 Å². The zero-order valence-corrected chi connectivity index (χ0v) is 23.8. The second kappa shape index (κ2) is 9.69. The zero-order valence-electron chi connectivity index (χ0n) is 21.4. The molecule has 0 aromatic heterocycles. The Morgan fingerprint density at radius 2 is 1.71 bits per heavy atom. The van der Waals surface area contributed by atoms with Gasteiger partial charge in [0.15, 0.2) is 0 Å². The number of carbonyl (C=O) groups is 1. The fraction of sp³-hybridized carbons (Fsp3) is 0.500. The Morgan fingerprint density at radius 1 is 1.03 bits per heavy atom. The molecule has 0 radical (unpaired) electrons. The summed E-state index contributed by atoms with van der Waals surface area (Å²) in [5.41, 5.74) is -0.325. The first-order valence-electron chi connectivity index (χ1n) is 12.6. The molecule has 2 atom stereocenters. The smallest absolute Gasteiger partial charge is 0.261 e.